The summed E-state index contributed by atoms with van der Waals surface area (Å²) in [6.45, 7) is 0. The first-order valence-corrected chi connectivity index (χ1v) is 11.0. The Kier molecular flexibility index (Phi) is 7.01. The minimum absolute atomic E-state index is 0.222. The van der Waals surface area contributed by atoms with Crippen molar-refractivity contribution in [2.45, 2.75) is 30.2 Å². The van der Waals surface area contributed by atoms with Gasteiger partial charge >= 0.3 is 0 Å². The van der Waals surface area contributed by atoms with Gasteiger partial charge in [-0.1, -0.05) is 48.2 Å². The molecule has 4 rings (SSSR count). The zero-order chi connectivity index (χ0) is 22.3. The Hall–Kier alpha value is -3.39. The van der Waals surface area contributed by atoms with Crippen LogP contribution in [0.3, 0.4) is 0 Å². The van der Waals surface area contributed by atoms with Gasteiger partial charge in [-0.05, 0) is 41.7 Å². The number of benzene rings is 2. The smallest absolute Gasteiger partial charge is 0.255 e. The van der Waals surface area contributed by atoms with Crippen molar-refractivity contribution in [1.82, 2.24) is 19.9 Å². The number of thioether (sulfide) groups is 1. The zero-order valence-electron chi connectivity index (χ0n) is 17.1. The van der Waals surface area contributed by atoms with E-state index in [1.165, 1.54) is 24.2 Å². The average molecular weight is 451 g/mol. The molecule has 0 aliphatic rings. The minimum atomic E-state index is -0.895. The van der Waals surface area contributed by atoms with Gasteiger partial charge in [-0.15, -0.1) is 0 Å². The van der Waals surface area contributed by atoms with E-state index in [9.17, 15) is 13.6 Å². The monoisotopic (exact) mass is 450 g/mol. The second kappa shape index (κ2) is 10.3. The summed E-state index contributed by atoms with van der Waals surface area (Å²) in [6.07, 6.45) is 6.51. The van der Waals surface area contributed by atoms with E-state index in [2.05, 4.69) is 15.0 Å². The van der Waals surface area contributed by atoms with E-state index < -0.39 is 11.6 Å². The molecule has 4 aromatic rings. The topological polar surface area (TPSA) is 71.5 Å². The number of aryl methyl sites for hydroxylation is 2. The maximum atomic E-state index is 13.5. The van der Waals surface area contributed by atoms with E-state index in [0.717, 1.165) is 29.7 Å². The average Bonchev–Trinajstić information content (AvgIpc) is 2.81. The van der Waals surface area contributed by atoms with Gasteiger partial charge in [-0.3, -0.25) is 4.79 Å². The molecule has 2 aromatic carbocycles. The Morgan fingerprint density at radius 3 is 2.41 bits per heavy atom. The van der Waals surface area contributed by atoms with Crippen LogP contribution in [0, 0.1) is 11.6 Å². The van der Waals surface area contributed by atoms with Gasteiger partial charge in [0.2, 0.25) is 0 Å². The third kappa shape index (κ3) is 5.64. The van der Waals surface area contributed by atoms with Crippen LogP contribution in [0.25, 0.3) is 0 Å². The van der Waals surface area contributed by atoms with Crippen molar-refractivity contribution >= 4 is 11.8 Å². The van der Waals surface area contributed by atoms with Gasteiger partial charge in [0.25, 0.3) is 5.56 Å². The van der Waals surface area contributed by atoms with Crippen LogP contribution < -0.4 is 5.56 Å². The van der Waals surface area contributed by atoms with E-state index in [1.807, 2.05) is 30.3 Å². The molecule has 162 valence electrons. The lowest BCUT2D eigenvalue weighted by Crippen LogP contribution is -2.20. The van der Waals surface area contributed by atoms with Crippen LogP contribution in [0.2, 0.25) is 0 Å². The Morgan fingerprint density at radius 1 is 0.875 bits per heavy atom. The molecule has 32 heavy (non-hydrogen) atoms. The summed E-state index contributed by atoms with van der Waals surface area (Å²) < 4.78 is 26.7. The molecule has 2 aromatic heterocycles. The Balaban J connectivity index is 1.59. The molecule has 0 amide bonds. The van der Waals surface area contributed by atoms with E-state index in [4.69, 9.17) is 4.98 Å². The van der Waals surface area contributed by atoms with Crippen molar-refractivity contribution in [3.05, 3.63) is 117 Å². The first-order chi connectivity index (χ1) is 15.6. The third-order valence-electron chi connectivity index (χ3n) is 4.93. The fourth-order valence-corrected chi connectivity index (χ4v) is 4.12. The molecule has 0 saturated carbocycles. The van der Waals surface area contributed by atoms with Crippen LogP contribution in [0.1, 0.15) is 27.9 Å². The van der Waals surface area contributed by atoms with Crippen molar-refractivity contribution < 1.29 is 8.78 Å². The second-order valence-corrected chi connectivity index (χ2v) is 8.21. The normalized spacial score (nSPS) is 10.9. The number of nitrogens with one attached hydrogen (secondary N) is 1. The van der Waals surface area contributed by atoms with Gasteiger partial charge in [0, 0.05) is 30.1 Å². The molecule has 0 unspecified atom stereocenters. The van der Waals surface area contributed by atoms with Crippen LogP contribution in [-0.2, 0) is 25.0 Å². The molecule has 5 nitrogen and oxygen atoms in total. The predicted octanol–water partition coefficient (Wildman–Crippen LogP) is 4.51. The molecule has 8 heteroatoms. The molecular formula is C24H20F2N4OS. The van der Waals surface area contributed by atoms with E-state index in [1.54, 1.807) is 12.4 Å². The van der Waals surface area contributed by atoms with Gasteiger partial charge in [-0.2, -0.15) is 0 Å². The number of H-pyrrole nitrogens is 1. The SMILES string of the molecule is O=c1[nH]c(SCc2ccc(F)c(F)c2)nc(CCc2ccccc2)c1Cc1cncnc1. The number of rotatable bonds is 8. The molecule has 0 bridgehead atoms. The summed E-state index contributed by atoms with van der Waals surface area (Å²) in [5.41, 5.74) is 3.64. The highest BCUT2D eigenvalue weighted by Crippen LogP contribution is 2.21. The molecular weight excluding hydrogens is 430 g/mol. The van der Waals surface area contributed by atoms with Crippen molar-refractivity contribution in [2.75, 3.05) is 0 Å². The van der Waals surface area contributed by atoms with Crippen LogP contribution in [-0.4, -0.2) is 19.9 Å². The molecule has 1 N–H and O–H groups in total. The second-order valence-electron chi connectivity index (χ2n) is 7.24. The summed E-state index contributed by atoms with van der Waals surface area (Å²) in [4.78, 5) is 28.5. The Labute approximate surface area is 188 Å². The van der Waals surface area contributed by atoms with Gasteiger partial charge in [-0.25, -0.2) is 23.7 Å². The van der Waals surface area contributed by atoms with Crippen molar-refractivity contribution in [2.24, 2.45) is 0 Å². The minimum Gasteiger partial charge on any atom is -0.301 e. The molecule has 0 aliphatic heterocycles. The van der Waals surface area contributed by atoms with Crippen LogP contribution in [0.5, 0.6) is 0 Å². The molecule has 0 radical (unpaired) electrons. The first-order valence-electron chi connectivity index (χ1n) is 10.0. The van der Waals surface area contributed by atoms with Gasteiger partial charge in [0.15, 0.2) is 16.8 Å². The molecule has 0 fully saturated rings. The quantitative estimate of drug-likeness (QED) is 0.316. The summed E-state index contributed by atoms with van der Waals surface area (Å²) in [7, 11) is 0. The molecule has 0 aliphatic carbocycles. The zero-order valence-corrected chi connectivity index (χ0v) is 17.9. The van der Waals surface area contributed by atoms with Gasteiger partial charge in [0.05, 0.1) is 5.69 Å². The van der Waals surface area contributed by atoms with E-state index >= 15 is 0 Å². The summed E-state index contributed by atoms with van der Waals surface area (Å²) >= 11 is 1.27. The maximum absolute atomic E-state index is 13.5. The summed E-state index contributed by atoms with van der Waals surface area (Å²) in [6, 6.07) is 13.8. The molecule has 0 atom stereocenters. The molecule has 2 heterocycles. The van der Waals surface area contributed by atoms with E-state index in [0.29, 0.717) is 40.6 Å². The summed E-state index contributed by atoms with van der Waals surface area (Å²) in [5, 5.41) is 0.441. The number of hydrogen-bond acceptors (Lipinski definition) is 5. The number of nitrogens with zero attached hydrogens (tertiary/aromatic N) is 3. The summed E-state index contributed by atoms with van der Waals surface area (Å²) in [5.74, 6) is -1.43. The third-order valence-corrected chi connectivity index (χ3v) is 5.87. The fraction of sp³-hybridized carbons (Fsp3) is 0.167. The maximum Gasteiger partial charge on any atom is 0.255 e. The molecule has 0 spiro atoms. The highest BCUT2D eigenvalue weighted by molar-refractivity contribution is 7.98. The lowest BCUT2D eigenvalue weighted by atomic mass is 10.0. The Bertz CT molecular complexity index is 1250. The fourth-order valence-electron chi connectivity index (χ4n) is 3.29. The van der Waals surface area contributed by atoms with Crippen molar-refractivity contribution in [3.63, 3.8) is 0 Å². The van der Waals surface area contributed by atoms with Gasteiger partial charge < -0.3 is 4.98 Å². The number of halogens is 2. The first kappa shape index (κ1) is 21.8. The standard InChI is InChI=1S/C24H20F2N4OS/c25-20-8-6-17(11-21(20)26)14-32-24-29-22(9-7-16-4-2-1-3-5-16)19(23(31)30-24)10-18-12-27-15-28-13-18/h1-6,8,11-13,15H,7,9-10,14H2,(H,29,30,31). The lowest BCUT2D eigenvalue weighted by Gasteiger charge is -2.11. The predicted molar refractivity (Wildman–Crippen MR) is 119 cm³/mol. The highest BCUT2D eigenvalue weighted by atomic mass is 32.2. The van der Waals surface area contributed by atoms with Crippen LogP contribution >= 0.6 is 11.8 Å². The lowest BCUT2D eigenvalue weighted by molar-refractivity contribution is 0.507. The van der Waals surface area contributed by atoms with Gasteiger partial charge in [0.1, 0.15) is 6.33 Å². The number of aromatic nitrogens is 4. The Morgan fingerprint density at radius 2 is 1.66 bits per heavy atom. The van der Waals surface area contributed by atoms with Crippen molar-refractivity contribution in [1.29, 1.82) is 0 Å². The largest absolute Gasteiger partial charge is 0.301 e. The highest BCUT2D eigenvalue weighted by Gasteiger charge is 2.14. The van der Waals surface area contributed by atoms with Crippen molar-refractivity contribution in [3.8, 4) is 0 Å². The van der Waals surface area contributed by atoms with Crippen LogP contribution in [0.4, 0.5) is 8.78 Å². The molecule has 0 saturated heterocycles. The van der Waals surface area contributed by atoms with E-state index in [-0.39, 0.29) is 5.56 Å². The number of aromatic amines is 1. The van der Waals surface area contributed by atoms with Crippen LogP contribution in [0.15, 0.2) is 77.2 Å². The number of hydrogen-bond donors (Lipinski definition) is 1.